The summed E-state index contributed by atoms with van der Waals surface area (Å²) in [6.45, 7) is 3.16. The molecule has 6 heteroatoms. The van der Waals surface area contributed by atoms with Crippen LogP contribution in [0.3, 0.4) is 0 Å². The zero-order valence-electron chi connectivity index (χ0n) is 14.4. The van der Waals surface area contributed by atoms with Gasteiger partial charge in [-0.1, -0.05) is 12.1 Å². The van der Waals surface area contributed by atoms with Gasteiger partial charge in [-0.2, -0.15) is 0 Å². The molecule has 1 aliphatic rings. The number of piperidine rings is 1. The predicted octanol–water partition coefficient (Wildman–Crippen LogP) is 3.49. The molecule has 0 bridgehead atoms. The van der Waals surface area contributed by atoms with Gasteiger partial charge in [0.15, 0.2) is 0 Å². The number of halogens is 1. The Morgan fingerprint density at radius 1 is 1.44 bits per heavy atom. The molecule has 25 heavy (non-hydrogen) atoms. The Morgan fingerprint density at radius 2 is 2.32 bits per heavy atom. The van der Waals surface area contributed by atoms with Crippen LogP contribution >= 0.6 is 0 Å². The Labute approximate surface area is 146 Å². The van der Waals surface area contributed by atoms with Gasteiger partial charge in [-0.15, -0.1) is 0 Å². The van der Waals surface area contributed by atoms with Gasteiger partial charge in [0.05, 0.1) is 6.20 Å². The highest BCUT2D eigenvalue weighted by Gasteiger charge is 2.31. The highest BCUT2D eigenvalue weighted by Crippen LogP contribution is 2.31. The van der Waals surface area contributed by atoms with E-state index in [0.29, 0.717) is 31.2 Å². The number of hydrogen-bond donors (Lipinski definition) is 0. The summed E-state index contributed by atoms with van der Waals surface area (Å²) in [5.74, 6) is 0.924. The molecule has 1 amide bonds. The summed E-state index contributed by atoms with van der Waals surface area (Å²) < 4.78 is 24.4. The van der Waals surface area contributed by atoms with Crippen LogP contribution in [-0.4, -0.2) is 35.5 Å². The van der Waals surface area contributed by atoms with E-state index in [2.05, 4.69) is 4.98 Å². The third-order valence-electron chi connectivity index (χ3n) is 4.38. The maximum atomic E-state index is 13.3. The highest BCUT2D eigenvalue weighted by molar-refractivity contribution is 5.78. The second kappa shape index (κ2) is 8.25. The zero-order chi connectivity index (χ0) is 17.6. The number of aromatic nitrogens is 1. The smallest absolute Gasteiger partial charge is 0.249 e. The maximum absolute atomic E-state index is 13.3. The number of amides is 1. The third kappa shape index (κ3) is 4.45. The lowest BCUT2D eigenvalue weighted by Crippen LogP contribution is -2.40. The molecule has 3 rings (SSSR count). The van der Waals surface area contributed by atoms with Crippen LogP contribution in [0.15, 0.2) is 34.9 Å². The number of likely N-dealkylation sites (tertiary alicyclic amines) is 1. The Hall–Kier alpha value is -2.21. The molecule has 0 radical (unpaired) electrons. The van der Waals surface area contributed by atoms with Crippen LogP contribution in [0.2, 0.25) is 0 Å². The SMILES string of the molecule is CCOCC(=O)N1CCCCC1c1ncc(Cc2cccc(F)c2)o1. The molecule has 1 unspecified atom stereocenters. The van der Waals surface area contributed by atoms with Crippen LogP contribution in [0.4, 0.5) is 4.39 Å². The number of rotatable bonds is 6. The van der Waals surface area contributed by atoms with Gasteiger partial charge in [-0.3, -0.25) is 4.79 Å². The molecule has 1 aliphatic heterocycles. The van der Waals surface area contributed by atoms with Crippen LogP contribution in [0.1, 0.15) is 49.4 Å². The van der Waals surface area contributed by atoms with Gasteiger partial charge >= 0.3 is 0 Å². The topological polar surface area (TPSA) is 55.6 Å². The Bertz CT molecular complexity index is 716. The van der Waals surface area contributed by atoms with Crippen LogP contribution < -0.4 is 0 Å². The van der Waals surface area contributed by atoms with Gasteiger partial charge in [-0.05, 0) is 43.9 Å². The molecular formula is C19H23FN2O3. The molecule has 1 atom stereocenters. The fourth-order valence-electron chi connectivity index (χ4n) is 3.17. The van der Waals surface area contributed by atoms with E-state index in [1.807, 2.05) is 13.0 Å². The summed E-state index contributed by atoms with van der Waals surface area (Å²) in [6.07, 6.45) is 4.98. The number of benzene rings is 1. The first-order valence-corrected chi connectivity index (χ1v) is 8.73. The van der Waals surface area contributed by atoms with Crippen molar-refractivity contribution in [3.8, 4) is 0 Å². The average molecular weight is 346 g/mol. The number of carbonyl (C=O) groups excluding carboxylic acids is 1. The van der Waals surface area contributed by atoms with Gasteiger partial charge < -0.3 is 14.1 Å². The number of hydrogen-bond acceptors (Lipinski definition) is 4. The van der Waals surface area contributed by atoms with Gasteiger partial charge in [0, 0.05) is 19.6 Å². The lowest BCUT2D eigenvalue weighted by atomic mass is 10.0. The van der Waals surface area contributed by atoms with E-state index in [1.165, 1.54) is 12.1 Å². The summed E-state index contributed by atoms with van der Waals surface area (Å²) >= 11 is 0. The van der Waals surface area contributed by atoms with Crippen molar-refractivity contribution in [2.45, 2.75) is 38.6 Å². The minimum absolute atomic E-state index is 0.0311. The molecule has 5 nitrogen and oxygen atoms in total. The lowest BCUT2D eigenvalue weighted by Gasteiger charge is -2.33. The minimum Gasteiger partial charge on any atom is -0.443 e. The van der Waals surface area contributed by atoms with Crippen LogP contribution in [0.5, 0.6) is 0 Å². The minimum atomic E-state index is -0.266. The molecule has 1 fully saturated rings. The quantitative estimate of drug-likeness (QED) is 0.803. The zero-order valence-corrected chi connectivity index (χ0v) is 14.4. The van der Waals surface area contributed by atoms with Crippen molar-refractivity contribution >= 4 is 5.91 Å². The van der Waals surface area contributed by atoms with Crippen molar-refractivity contribution in [2.75, 3.05) is 19.8 Å². The van der Waals surface area contributed by atoms with E-state index >= 15 is 0 Å². The number of nitrogens with zero attached hydrogens (tertiary/aromatic N) is 2. The number of carbonyl (C=O) groups is 1. The summed E-state index contributed by atoms with van der Waals surface area (Å²) in [4.78, 5) is 18.5. The van der Waals surface area contributed by atoms with Gasteiger partial charge in [0.2, 0.25) is 11.8 Å². The lowest BCUT2D eigenvalue weighted by molar-refractivity contribution is -0.140. The van der Waals surface area contributed by atoms with Crippen molar-refractivity contribution in [3.63, 3.8) is 0 Å². The average Bonchev–Trinajstić information content (AvgIpc) is 3.08. The van der Waals surface area contributed by atoms with E-state index < -0.39 is 0 Å². The van der Waals surface area contributed by atoms with Crippen LogP contribution in [-0.2, 0) is 16.0 Å². The second-order valence-corrected chi connectivity index (χ2v) is 6.21. The van der Waals surface area contributed by atoms with Crippen molar-refractivity contribution < 1.29 is 18.3 Å². The second-order valence-electron chi connectivity index (χ2n) is 6.21. The fourth-order valence-corrected chi connectivity index (χ4v) is 3.17. The first kappa shape index (κ1) is 17.6. The van der Waals surface area contributed by atoms with E-state index in [4.69, 9.17) is 9.15 Å². The molecule has 1 aromatic carbocycles. The third-order valence-corrected chi connectivity index (χ3v) is 4.38. The standard InChI is InChI=1S/C19H23FN2O3/c1-2-24-13-18(23)22-9-4-3-8-17(22)19-21-12-16(25-19)11-14-6-5-7-15(20)10-14/h5-7,10,12,17H,2-4,8-9,11,13H2,1H3. The first-order valence-electron chi connectivity index (χ1n) is 8.73. The molecule has 0 aliphatic carbocycles. The Balaban J connectivity index is 1.71. The summed E-state index contributed by atoms with van der Waals surface area (Å²) in [7, 11) is 0. The molecule has 1 saturated heterocycles. The molecule has 1 aromatic heterocycles. The van der Waals surface area contributed by atoms with E-state index in [1.54, 1.807) is 17.2 Å². The van der Waals surface area contributed by atoms with Gasteiger partial charge in [-0.25, -0.2) is 9.37 Å². The van der Waals surface area contributed by atoms with E-state index in [9.17, 15) is 9.18 Å². The summed E-state index contributed by atoms with van der Waals surface area (Å²) in [5, 5.41) is 0. The van der Waals surface area contributed by atoms with Crippen LogP contribution in [0, 0.1) is 5.82 Å². The van der Waals surface area contributed by atoms with Crippen molar-refractivity contribution in [1.29, 1.82) is 0 Å². The van der Waals surface area contributed by atoms with E-state index in [0.717, 1.165) is 24.8 Å². The Morgan fingerprint density at radius 3 is 3.12 bits per heavy atom. The Kier molecular flexibility index (Phi) is 5.81. The number of oxazole rings is 1. The van der Waals surface area contributed by atoms with Gasteiger partial charge in [0.25, 0.3) is 0 Å². The van der Waals surface area contributed by atoms with Crippen LogP contribution in [0.25, 0.3) is 0 Å². The van der Waals surface area contributed by atoms with Crippen molar-refractivity contribution in [2.24, 2.45) is 0 Å². The van der Waals surface area contributed by atoms with Crippen molar-refractivity contribution in [1.82, 2.24) is 9.88 Å². The largest absolute Gasteiger partial charge is 0.443 e. The van der Waals surface area contributed by atoms with Crippen molar-refractivity contribution in [3.05, 3.63) is 53.5 Å². The number of ether oxygens (including phenoxy) is 1. The molecule has 2 heterocycles. The molecular weight excluding hydrogens is 323 g/mol. The van der Waals surface area contributed by atoms with E-state index in [-0.39, 0.29) is 24.4 Å². The summed E-state index contributed by atoms with van der Waals surface area (Å²) in [6, 6.07) is 6.28. The highest BCUT2D eigenvalue weighted by atomic mass is 19.1. The molecule has 0 N–H and O–H groups in total. The normalized spacial score (nSPS) is 17.7. The van der Waals surface area contributed by atoms with Gasteiger partial charge in [0.1, 0.15) is 24.2 Å². The first-order chi connectivity index (χ1) is 12.2. The molecule has 0 saturated carbocycles. The molecule has 134 valence electrons. The predicted molar refractivity (Wildman–Crippen MR) is 90.5 cm³/mol. The maximum Gasteiger partial charge on any atom is 0.249 e. The molecule has 0 spiro atoms. The fraction of sp³-hybridized carbons (Fsp3) is 0.474. The monoisotopic (exact) mass is 346 g/mol. The summed E-state index contributed by atoms with van der Waals surface area (Å²) in [5.41, 5.74) is 0.829. The molecule has 2 aromatic rings.